The highest BCUT2D eigenvalue weighted by Gasteiger charge is 2.31. The summed E-state index contributed by atoms with van der Waals surface area (Å²) >= 11 is 1.27. The summed E-state index contributed by atoms with van der Waals surface area (Å²) in [6.07, 6.45) is -2.51. The van der Waals surface area contributed by atoms with Crippen LogP contribution >= 0.6 is 11.3 Å². The third-order valence-corrected chi connectivity index (χ3v) is 4.60. The van der Waals surface area contributed by atoms with Gasteiger partial charge in [-0.05, 0) is 30.0 Å². The zero-order chi connectivity index (χ0) is 20.7. The van der Waals surface area contributed by atoms with E-state index in [1.165, 1.54) is 17.4 Å². The molecule has 0 aliphatic heterocycles. The van der Waals surface area contributed by atoms with Crippen molar-refractivity contribution >= 4 is 28.3 Å². The Morgan fingerprint density at radius 3 is 2.50 bits per heavy atom. The van der Waals surface area contributed by atoms with Crippen LogP contribution in [0.2, 0.25) is 0 Å². The lowest BCUT2D eigenvalue weighted by atomic mass is 9.95. The lowest BCUT2D eigenvalue weighted by Crippen LogP contribution is -2.30. The minimum Gasteiger partial charge on any atom is -0.349 e. The van der Waals surface area contributed by atoms with Crippen molar-refractivity contribution < 1.29 is 22.8 Å². The van der Waals surface area contributed by atoms with E-state index in [1.807, 2.05) is 13.8 Å². The maximum Gasteiger partial charge on any atom is 0.416 e. The van der Waals surface area contributed by atoms with Crippen molar-refractivity contribution in [2.75, 3.05) is 5.32 Å². The molecule has 0 aliphatic rings. The molecule has 2 rings (SSSR count). The Bertz CT molecular complexity index is 792. The van der Waals surface area contributed by atoms with Gasteiger partial charge in [-0.3, -0.25) is 9.59 Å². The second-order valence-corrected chi connectivity index (χ2v) is 7.65. The van der Waals surface area contributed by atoms with Crippen LogP contribution in [0.4, 0.5) is 18.3 Å². The maximum atomic E-state index is 13.0. The van der Waals surface area contributed by atoms with Crippen LogP contribution in [-0.4, -0.2) is 16.8 Å². The van der Waals surface area contributed by atoms with Crippen molar-refractivity contribution in [2.45, 2.75) is 45.3 Å². The van der Waals surface area contributed by atoms with Crippen LogP contribution in [0.15, 0.2) is 35.8 Å². The minimum atomic E-state index is -4.45. The van der Waals surface area contributed by atoms with Crippen LogP contribution < -0.4 is 10.6 Å². The van der Waals surface area contributed by atoms with E-state index in [2.05, 4.69) is 15.6 Å². The number of thiazole rings is 1. The molecule has 5 nitrogen and oxygen atoms in total. The standard InChI is InChI=1S/C19H22F3N3O2S/c1-12(2)10-15(13-4-3-5-14(11-13)19(20,21)22)24-16(26)6-7-17(27)25-18-23-8-9-28-18/h3-5,8-9,11-12,15H,6-7,10H2,1-2H3,(H,24,26)(H,23,25,27). The highest BCUT2D eigenvalue weighted by Crippen LogP contribution is 2.32. The number of carbonyl (C=O) groups is 2. The number of hydrogen-bond acceptors (Lipinski definition) is 4. The molecule has 1 unspecified atom stereocenters. The van der Waals surface area contributed by atoms with Gasteiger partial charge < -0.3 is 10.6 Å². The normalized spacial score (nSPS) is 12.6. The molecule has 0 aliphatic carbocycles. The van der Waals surface area contributed by atoms with Gasteiger partial charge in [0.15, 0.2) is 5.13 Å². The van der Waals surface area contributed by atoms with Crippen LogP contribution in [-0.2, 0) is 15.8 Å². The zero-order valence-corrected chi connectivity index (χ0v) is 16.4. The van der Waals surface area contributed by atoms with Crippen molar-refractivity contribution in [3.05, 3.63) is 47.0 Å². The minimum absolute atomic E-state index is 0.0393. The fraction of sp³-hybridized carbons (Fsp3) is 0.421. The second-order valence-electron chi connectivity index (χ2n) is 6.76. The summed E-state index contributed by atoms with van der Waals surface area (Å²) in [6.45, 7) is 3.85. The molecule has 1 aromatic carbocycles. The van der Waals surface area contributed by atoms with E-state index < -0.39 is 23.7 Å². The molecule has 0 saturated carbocycles. The largest absolute Gasteiger partial charge is 0.416 e. The van der Waals surface area contributed by atoms with E-state index >= 15 is 0 Å². The first kappa shape index (κ1) is 21.9. The van der Waals surface area contributed by atoms with Gasteiger partial charge in [0.2, 0.25) is 11.8 Å². The van der Waals surface area contributed by atoms with Crippen molar-refractivity contribution in [1.82, 2.24) is 10.3 Å². The number of amides is 2. The molecule has 1 heterocycles. The molecule has 2 amide bonds. The molecule has 0 spiro atoms. The molecule has 1 atom stereocenters. The summed E-state index contributed by atoms with van der Waals surface area (Å²) < 4.78 is 39.0. The summed E-state index contributed by atoms with van der Waals surface area (Å²) in [5.41, 5.74) is -0.361. The zero-order valence-electron chi connectivity index (χ0n) is 15.5. The molecule has 2 aromatic rings. The number of halogens is 3. The summed E-state index contributed by atoms with van der Waals surface area (Å²) in [5, 5.41) is 7.51. The number of carbonyl (C=O) groups excluding carboxylic acids is 2. The Morgan fingerprint density at radius 2 is 1.89 bits per heavy atom. The maximum absolute atomic E-state index is 13.0. The average Bonchev–Trinajstić information content (AvgIpc) is 3.11. The van der Waals surface area contributed by atoms with Gasteiger partial charge in [0, 0.05) is 24.4 Å². The number of nitrogens with zero attached hydrogens (tertiary/aromatic N) is 1. The van der Waals surface area contributed by atoms with E-state index in [0.717, 1.165) is 12.1 Å². The fourth-order valence-electron chi connectivity index (χ4n) is 2.64. The summed E-state index contributed by atoms with van der Waals surface area (Å²) in [4.78, 5) is 28.1. The van der Waals surface area contributed by atoms with Crippen LogP contribution in [0.25, 0.3) is 0 Å². The average molecular weight is 413 g/mol. The molecule has 0 radical (unpaired) electrons. The fourth-order valence-corrected chi connectivity index (χ4v) is 3.19. The van der Waals surface area contributed by atoms with Crippen molar-refractivity contribution in [1.29, 1.82) is 0 Å². The molecule has 2 N–H and O–H groups in total. The van der Waals surface area contributed by atoms with E-state index in [1.54, 1.807) is 17.6 Å². The highest BCUT2D eigenvalue weighted by atomic mass is 32.1. The predicted octanol–water partition coefficient (Wildman–Crippen LogP) is 4.78. The molecule has 0 fully saturated rings. The van der Waals surface area contributed by atoms with E-state index in [-0.39, 0.29) is 24.7 Å². The molecule has 9 heteroatoms. The number of alkyl halides is 3. The van der Waals surface area contributed by atoms with E-state index in [0.29, 0.717) is 17.1 Å². The van der Waals surface area contributed by atoms with Gasteiger partial charge >= 0.3 is 6.18 Å². The Labute approximate surface area is 165 Å². The van der Waals surface area contributed by atoms with Gasteiger partial charge in [0.1, 0.15) is 0 Å². The van der Waals surface area contributed by atoms with E-state index in [4.69, 9.17) is 0 Å². The first-order valence-corrected chi connectivity index (χ1v) is 9.69. The monoisotopic (exact) mass is 413 g/mol. The highest BCUT2D eigenvalue weighted by molar-refractivity contribution is 7.13. The van der Waals surface area contributed by atoms with Crippen LogP contribution in [0.5, 0.6) is 0 Å². The number of nitrogens with one attached hydrogen (secondary N) is 2. The van der Waals surface area contributed by atoms with Crippen LogP contribution in [0.3, 0.4) is 0 Å². The summed E-state index contributed by atoms with van der Waals surface area (Å²) in [6, 6.07) is 4.40. The third kappa shape index (κ3) is 6.95. The first-order chi connectivity index (χ1) is 13.1. The van der Waals surface area contributed by atoms with Gasteiger partial charge in [-0.2, -0.15) is 13.2 Å². The Kier molecular flexibility index (Phi) is 7.56. The van der Waals surface area contributed by atoms with Gasteiger partial charge in [0.25, 0.3) is 0 Å². The summed E-state index contributed by atoms with van der Waals surface area (Å²) in [7, 11) is 0. The van der Waals surface area contributed by atoms with Gasteiger partial charge in [-0.25, -0.2) is 4.98 Å². The topological polar surface area (TPSA) is 71.1 Å². The molecular formula is C19H22F3N3O2S. The Balaban J connectivity index is 1.99. The molecular weight excluding hydrogens is 391 g/mol. The van der Waals surface area contributed by atoms with Gasteiger partial charge in [-0.15, -0.1) is 11.3 Å². The van der Waals surface area contributed by atoms with Gasteiger partial charge in [-0.1, -0.05) is 26.0 Å². The van der Waals surface area contributed by atoms with Crippen LogP contribution in [0.1, 0.15) is 50.3 Å². The summed E-state index contributed by atoms with van der Waals surface area (Å²) in [5.74, 6) is -0.574. The quantitative estimate of drug-likeness (QED) is 0.654. The molecule has 152 valence electrons. The smallest absolute Gasteiger partial charge is 0.349 e. The SMILES string of the molecule is CC(C)CC(NC(=O)CCC(=O)Nc1nccs1)c1cccc(C(F)(F)F)c1. The lowest BCUT2D eigenvalue weighted by Gasteiger charge is -2.22. The number of aromatic nitrogens is 1. The van der Waals surface area contributed by atoms with Crippen molar-refractivity contribution in [3.8, 4) is 0 Å². The number of benzene rings is 1. The predicted molar refractivity (Wildman–Crippen MR) is 102 cm³/mol. The van der Waals surface area contributed by atoms with Gasteiger partial charge in [0.05, 0.1) is 11.6 Å². The van der Waals surface area contributed by atoms with Crippen molar-refractivity contribution in [3.63, 3.8) is 0 Å². The number of anilines is 1. The second kappa shape index (κ2) is 9.68. The Hall–Kier alpha value is -2.42. The van der Waals surface area contributed by atoms with E-state index in [9.17, 15) is 22.8 Å². The molecule has 0 saturated heterocycles. The van der Waals surface area contributed by atoms with Crippen LogP contribution in [0, 0.1) is 5.92 Å². The Morgan fingerprint density at radius 1 is 1.18 bits per heavy atom. The molecule has 28 heavy (non-hydrogen) atoms. The molecule has 0 bridgehead atoms. The first-order valence-electron chi connectivity index (χ1n) is 8.81. The lowest BCUT2D eigenvalue weighted by molar-refractivity contribution is -0.137. The number of rotatable bonds is 8. The van der Waals surface area contributed by atoms with Crippen molar-refractivity contribution in [2.24, 2.45) is 5.92 Å². The number of hydrogen-bond donors (Lipinski definition) is 2. The molecule has 1 aromatic heterocycles. The third-order valence-electron chi connectivity index (χ3n) is 3.92.